The van der Waals surface area contributed by atoms with Crippen molar-refractivity contribution < 1.29 is 17.9 Å². The number of nitrogens with one attached hydrogen (secondary N) is 1. The van der Waals surface area contributed by atoms with E-state index in [0.29, 0.717) is 11.6 Å². The number of fused-ring (bicyclic) bond motifs is 3. The first-order valence-electron chi connectivity index (χ1n) is 12.4. The molecule has 3 heterocycles. The number of anilines is 1. The molecule has 0 aliphatic carbocycles. The van der Waals surface area contributed by atoms with Crippen molar-refractivity contribution in [2.75, 3.05) is 39.0 Å². The summed E-state index contributed by atoms with van der Waals surface area (Å²) in [5.74, 6) is 0.0864. The Morgan fingerprint density at radius 1 is 1.03 bits per heavy atom. The van der Waals surface area contributed by atoms with E-state index in [1.807, 2.05) is 18.2 Å². The van der Waals surface area contributed by atoms with Gasteiger partial charge in [-0.3, -0.25) is 0 Å². The fraction of sp³-hybridized carbons (Fsp3) is 0.556. The van der Waals surface area contributed by atoms with Gasteiger partial charge in [0.1, 0.15) is 0 Å². The monoisotopic (exact) mass is 473 g/mol. The summed E-state index contributed by atoms with van der Waals surface area (Å²) in [5.41, 5.74) is 1.92. The molecule has 7 heteroatoms. The van der Waals surface area contributed by atoms with Crippen LogP contribution in [0.3, 0.4) is 0 Å². The van der Waals surface area contributed by atoms with Gasteiger partial charge in [-0.25, -0.2) is 0 Å². The molecule has 1 N–H and O–H groups in total. The zero-order valence-corrected chi connectivity index (χ0v) is 19.9. The van der Waals surface area contributed by atoms with E-state index in [1.54, 1.807) is 6.07 Å². The van der Waals surface area contributed by atoms with Gasteiger partial charge in [0.05, 0.1) is 23.8 Å². The topological polar surface area (TPSA) is 27.7 Å². The van der Waals surface area contributed by atoms with Crippen molar-refractivity contribution >= 4 is 5.69 Å². The maximum Gasteiger partial charge on any atom is 0.416 e. The number of hydrogen-bond donors (Lipinski definition) is 1. The van der Waals surface area contributed by atoms with Crippen LogP contribution in [0.4, 0.5) is 18.9 Å². The Morgan fingerprint density at radius 3 is 2.47 bits per heavy atom. The molecular formula is C27H34F3N3O. The van der Waals surface area contributed by atoms with Gasteiger partial charge in [-0.2, -0.15) is 13.2 Å². The summed E-state index contributed by atoms with van der Waals surface area (Å²) in [6, 6.07) is 14.8. The second-order valence-electron chi connectivity index (χ2n) is 10.2. The maximum absolute atomic E-state index is 13.5. The van der Waals surface area contributed by atoms with Crippen LogP contribution in [0.1, 0.15) is 54.5 Å². The predicted octanol–water partition coefficient (Wildman–Crippen LogP) is 5.73. The first-order chi connectivity index (χ1) is 16.3. The van der Waals surface area contributed by atoms with Crippen LogP contribution >= 0.6 is 0 Å². The van der Waals surface area contributed by atoms with Crippen LogP contribution in [0, 0.1) is 5.92 Å². The normalized spacial score (nSPS) is 28.3. The van der Waals surface area contributed by atoms with Crippen LogP contribution in [0.25, 0.3) is 0 Å². The van der Waals surface area contributed by atoms with Gasteiger partial charge in [0.15, 0.2) is 0 Å². The number of halogens is 3. The molecule has 4 atom stereocenters. The Labute approximate surface area is 200 Å². The standard InChI is InChI=1S/C27H34F3N3O/c1-32-14-12-20(13-15-32)33(2)17-21-9-10-22-25(18-6-4-3-5-7-18)31-24-11-8-19(27(28,29)30)16-23(24)26(22)34-21/h3-8,11,16,20-22,25-26,31H,9-10,12-15,17H2,1-2H3/t21-,22+,25+,26+/m1/s1. The average molecular weight is 474 g/mol. The number of likely N-dealkylation sites (N-methyl/N-ethyl adjacent to an activating group) is 1. The van der Waals surface area contributed by atoms with Gasteiger partial charge in [-0.05, 0) is 76.6 Å². The first kappa shape index (κ1) is 23.6. The van der Waals surface area contributed by atoms with Gasteiger partial charge >= 0.3 is 6.18 Å². The van der Waals surface area contributed by atoms with Crippen molar-refractivity contribution in [3.05, 3.63) is 65.2 Å². The van der Waals surface area contributed by atoms with Crippen molar-refractivity contribution in [3.63, 3.8) is 0 Å². The van der Waals surface area contributed by atoms with Gasteiger partial charge < -0.3 is 19.9 Å². The quantitative estimate of drug-likeness (QED) is 0.613. The molecule has 3 aliphatic rings. The molecular weight excluding hydrogens is 439 g/mol. The summed E-state index contributed by atoms with van der Waals surface area (Å²) in [5, 5.41) is 3.54. The minimum Gasteiger partial charge on any atom is -0.378 e. The smallest absolute Gasteiger partial charge is 0.378 e. The lowest BCUT2D eigenvalue weighted by Gasteiger charge is -2.47. The Balaban J connectivity index is 1.40. The summed E-state index contributed by atoms with van der Waals surface area (Å²) in [6.45, 7) is 3.02. The third-order valence-corrected chi connectivity index (χ3v) is 7.94. The maximum atomic E-state index is 13.5. The molecule has 0 radical (unpaired) electrons. The predicted molar refractivity (Wildman–Crippen MR) is 128 cm³/mol. The van der Waals surface area contributed by atoms with Gasteiger partial charge in [0, 0.05) is 29.8 Å². The second kappa shape index (κ2) is 9.51. The number of rotatable bonds is 4. The zero-order chi connectivity index (χ0) is 23.9. The zero-order valence-electron chi connectivity index (χ0n) is 19.9. The lowest BCUT2D eigenvalue weighted by atomic mass is 9.76. The van der Waals surface area contributed by atoms with Crippen LogP contribution in [-0.4, -0.2) is 55.7 Å². The van der Waals surface area contributed by atoms with Crippen LogP contribution in [0.2, 0.25) is 0 Å². The van der Waals surface area contributed by atoms with E-state index in [9.17, 15) is 13.2 Å². The van der Waals surface area contributed by atoms with Crippen molar-refractivity contribution in [1.82, 2.24) is 9.80 Å². The fourth-order valence-electron chi connectivity index (χ4n) is 5.96. The Morgan fingerprint density at radius 2 is 1.76 bits per heavy atom. The molecule has 34 heavy (non-hydrogen) atoms. The Bertz CT molecular complexity index is 975. The number of benzene rings is 2. The fourth-order valence-corrected chi connectivity index (χ4v) is 5.96. The second-order valence-corrected chi connectivity index (χ2v) is 10.2. The molecule has 3 aliphatic heterocycles. The van der Waals surface area contributed by atoms with E-state index in [2.05, 4.69) is 41.3 Å². The van der Waals surface area contributed by atoms with Crippen molar-refractivity contribution in [2.45, 2.75) is 56.2 Å². The van der Waals surface area contributed by atoms with E-state index >= 15 is 0 Å². The van der Waals surface area contributed by atoms with Crippen LogP contribution in [0.15, 0.2) is 48.5 Å². The highest BCUT2D eigenvalue weighted by Crippen LogP contribution is 2.51. The van der Waals surface area contributed by atoms with Crippen LogP contribution in [-0.2, 0) is 10.9 Å². The molecule has 4 nitrogen and oxygen atoms in total. The minimum atomic E-state index is -4.37. The van der Waals surface area contributed by atoms with Crippen LogP contribution in [0.5, 0.6) is 0 Å². The molecule has 0 spiro atoms. The highest BCUT2D eigenvalue weighted by atomic mass is 19.4. The number of likely N-dealkylation sites (tertiary alicyclic amines) is 1. The molecule has 0 unspecified atom stereocenters. The number of nitrogens with zero attached hydrogens (tertiary/aromatic N) is 2. The summed E-state index contributed by atoms with van der Waals surface area (Å²) in [7, 11) is 4.32. The van der Waals surface area contributed by atoms with Crippen LogP contribution < -0.4 is 5.32 Å². The lowest BCUT2D eigenvalue weighted by Crippen LogP contribution is -2.47. The van der Waals surface area contributed by atoms with E-state index in [4.69, 9.17) is 4.74 Å². The number of ether oxygens (including phenoxy) is 1. The average Bonchev–Trinajstić information content (AvgIpc) is 2.83. The summed E-state index contributed by atoms with van der Waals surface area (Å²) in [6.07, 6.45) is -0.594. The largest absolute Gasteiger partial charge is 0.416 e. The highest BCUT2D eigenvalue weighted by Gasteiger charge is 2.44. The van der Waals surface area contributed by atoms with Gasteiger partial charge in [0.25, 0.3) is 0 Å². The van der Waals surface area contributed by atoms with Gasteiger partial charge in [0.2, 0.25) is 0 Å². The Hall–Kier alpha value is -2.09. The molecule has 2 saturated heterocycles. The van der Waals surface area contributed by atoms with E-state index < -0.39 is 11.7 Å². The first-order valence-corrected chi connectivity index (χ1v) is 12.4. The molecule has 184 valence electrons. The molecule has 0 bridgehead atoms. The molecule has 2 aromatic carbocycles. The number of piperidine rings is 1. The van der Waals surface area contributed by atoms with Gasteiger partial charge in [-0.15, -0.1) is 0 Å². The lowest BCUT2D eigenvalue weighted by molar-refractivity contribution is -0.138. The van der Waals surface area contributed by atoms with E-state index in [1.165, 1.54) is 12.1 Å². The Kier molecular flexibility index (Phi) is 6.62. The summed E-state index contributed by atoms with van der Waals surface area (Å²) in [4.78, 5) is 4.76. The SMILES string of the molecule is CN1CCC(N(C)C[C@H]2CC[C@@H]3[C@H](O2)c2cc(C(F)(F)F)ccc2N[C@H]3c2ccccc2)CC1. The third kappa shape index (κ3) is 4.83. The summed E-state index contributed by atoms with van der Waals surface area (Å²) < 4.78 is 47.3. The molecule has 2 aromatic rings. The molecule has 0 amide bonds. The van der Waals surface area contributed by atoms with Crippen molar-refractivity contribution in [3.8, 4) is 0 Å². The minimum absolute atomic E-state index is 0.0165. The van der Waals surface area contributed by atoms with E-state index in [0.717, 1.165) is 56.6 Å². The van der Waals surface area contributed by atoms with Crippen molar-refractivity contribution in [2.24, 2.45) is 5.92 Å². The summed E-state index contributed by atoms with van der Waals surface area (Å²) >= 11 is 0. The molecule has 0 aromatic heterocycles. The third-order valence-electron chi connectivity index (χ3n) is 7.94. The molecule has 5 rings (SSSR count). The number of hydrogen-bond acceptors (Lipinski definition) is 4. The van der Waals surface area contributed by atoms with Gasteiger partial charge in [-0.1, -0.05) is 30.3 Å². The molecule has 2 fully saturated rings. The van der Waals surface area contributed by atoms with E-state index in [-0.39, 0.29) is 24.2 Å². The molecule has 0 saturated carbocycles. The number of alkyl halides is 3. The van der Waals surface area contributed by atoms with Crippen molar-refractivity contribution in [1.29, 1.82) is 0 Å². The highest BCUT2D eigenvalue weighted by molar-refractivity contribution is 5.58.